The van der Waals surface area contributed by atoms with Crippen molar-refractivity contribution in [1.29, 1.82) is 0 Å². The minimum atomic E-state index is -1.38. The number of amides is 1. The number of terminal acetylenes is 1. The van der Waals surface area contributed by atoms with E-state index in [-0.39, 0.29) is 170 Å². The zero-order valence-corrected chi connectivity index (χ0v) is 66.0. The van der Waals surface area contributed by atoms with Crippen LogP contribution in [-0.2, 0) is 41.5 Å². The van der Waals surface area contributed by atoms with Gasteiger partial charge in [-0.15, -0.1) is 41.5 Å². The number of carboxylic acids is 1. The summed E-state index contributed by atoms with van der Waals surface area (Å²) in [5.74, 6) is 15.1. The van der Waals surface area contributed by atoms with E-state index in [1.54, 1.807) is 115 Å². The molecule has 6 aromatic heterocycles. The molecule has 498 valence electrons. The molecular weight excluding hydrogens is 1510 g/mol. The maximum atomic E-state index is 12.0. The van der Waals surface area contributed by atoms with Crippen LogP contribution in [0.3, 0.4) is 0 Å². The number of nitrogens with zero attached hydrogens (tertiary/aromatic N) is 4. The molecule has 2 atom stereocenters. The fraction of sp³-hybridized carbons (Fsp3) is 0.229. The molecule has 2 aliphatic heterocycles. The quantitative estimate of drug-likeness (QED) is 0.0428. The normalized spacial score (nSPS) is 11.5. The summed E-state index contributed by atoms with van der Waals surface area (Å²) in [7, 11) is 1.00. The Morgan fingerprint density at radius 2 is 1.06 bits per heavy atom. The topological polar surface area (TPSA) is 302 Å². The number of pyridine rings is 4. The molecule has 19 nitrogen and oxygen atoms in total. The first kappa shape index (κ1) is 93.3. The molecule has 2 aliphatic rings. The van der Waals surface area contributed by atoms with Crippen molar-refractivity contribution in [2.45, 2.75) is 86.2 Å². The predicted molar refractivity (Wildman–Crippen MR) is 378 cm³/mol. The number of thiophene rings is 2. The standard InChI is InChI=1S/C23H17ClN2O3S.C15H14ClNO2S.C11H11NO2.C8H5NO2.C6H8O2.C5H4IN.CH4O.CH4.ClH.2K.H2O/c1-14(27)20-5-6-21(30-20)16-9-17-10-18(29-23(17)19(24)11-16)13-26-22(28)7-4-15-3-2-8-25-12-15;1-8(18)13-2-3-14(20-13)9-4-10-5-11(7-17)19-15(10)12(16)6-9;1-9(2)14-11(13)6-5-10-4-3-7-12-8-10;10-8(11)4-3-7-2-1-5-9-6-7;1-4-6(7)8-5(2)3;6-5-2-1-3-7-4-5;1-2;;;;;/h2-3,5-6,8-9,11-12,18H,10,13H2,1H3,(H,26,28);2-4,6,11H,5,7,17H2,1H3;3-4,7-9H,1-2H3;1-2,5-6H,(H,10,11);1,5H,2-3H3;1-4H;2H,1H3;1H4;1H;;;1H2/q;;;;;;;;;2*+1;/p-2. The first-order valence-electron chi connectivity index (χ1n) is 27.6. The summed E-state index contributed by atoms with van der Waals surface area (Å²) in [5, 5.41) is 20.8. The van der Waals surface area contributed by atoms with Crippen molar-refractivity contribution in [2.75, 3.05) is 20.2 Å². The summed E-state index contributed by atoms with van der Waals surface area (Å²) in [4.78, 5) is 84.9. The van der Waals surface area contributed by atoms with Crippen LogP contribution in [0, 0.1) is 51.4 Å². The van der Waals surface area contributed by atoms with E-state index in [1.807, 2.05) is 72.6 Å². The van der Waals surface area contributed by atoms with Gasteiger partial charge in [0, 0.05) is 135 Å². The van der Waals surface area contributed by atoms with Gasteiger partial charge in [0.15, 0.2) is 11.6 Å². The Labute approximate surface area is 688 Å². The van der Waals surface area contributed by atoms with E-state index in [0.717, 1.165) is 56.2 Å². The van der Waals surface area contributed by atoms with Crippen molar-refractivity contribution in [2.24, 2.45) is 5.73 Å². The van der Waals surface area contributed by atoms with Crippen LogP contribution in [0.25, 0.3) is 20.9 Å². The fourth-order valence-corrected chi connectivity index (χ4v) is 10.2. The molecule has 27 heteroatoms. The number of halogens is 4. The minimum absolute atomic E-state index is 0. The van der Waals surface area contributed by atoms with E-state index >= 15 is 0 Å². The van der Waals surface area contributed by atoms with E-state index in [2.05, 4.69) is 88.2 Å². The first-order valence-corrected chi connectivity index (χ1v) is 31.1. The number of aliphatic hydroxyl groups is 1. The van der Waals surface area contributed by atoms with Gasteiger partial charge in [0.25, 0.3) is 5.91 Å². The number of carbonyl (C=O) groups is 6. The molecule has 10 rings (SSSR count). The average molecular weight is 1580 g/mol. The van der Waals surface area contributed by atoms with Crippen molar-refractivity contribution in [3.63, 3.8) is 0 Å². The van der Waals surface area contributed by atoms with Gasteiger partial charge in [-0.3, -0.25) is 34.3 Å². The number of esters is 2. The number of nitrogens with two attached hydrogens (primary N) is 1. The number of hydrogen-bond acceptors (Lipinski definition) is 20. The molecule has 97 heavy (non-hydrogen) atoms. The van der Waals surface area contributed by atoms with Crippen LogP contribution in [0.4, 0.5) is 0 Å². The Kier molecular flexibility index (Phi) is 49.5. The van der Waals surface area contributed by atoms with Gasteiger partial charge in [0.1, 0.15) is 29.7 Å². The summed E-state index contributed by atoms with van der Waals surface area (Å²) in [6, 6.07) is 29.8. The molecule has 0 bridgehead atoms. The van der Waals surface area contributed by atoms with Gasteiger partial charge >= 0.3 is 115 Å². The Morgan fingerprint density at radius 1 is 0.660 bits per heavy atom. The summed E-state index contributed by atoms with van der Waals surface area (Å²) in [5.41, 5.74) is 11.6. The number of ether oxygens (including phenoxy) is 4. The van der Waals surface area contributed by atoms with Crippen LogP contribution in [-0.4, -0.2) is 111 Å². The van der Waals surface area contributed by atoms with Gasteiger partial charge in [-0.2, -0.15) is 0 Å². The van der Waals surface area contributed by atoms with Crippen LogP contribution in [0.1, 0.15) is 96.1 Å². The van der Waals surface area contributed by atoms with E-state index in [4.69, 9.17) is 54.7 Å². The van der Waals surface area contributed by atoms with Gasteiger partial charge < -0.3 is 50.5 Å². The summed E-state index contributed by atoms with van der Waals surface area (Å²) in [6.45, 7) is 11.0. The van der Waals surface area contributed by atoms with Crippen molar-refractivity contribution < 1.29 is 166 Å². The largest absolute Gasteiger partial charge is 1.00 e. The third-order valence-corrected chi connectivity index (χ3v) is 15.0. The number of hydrogen-bond donors (Lipinski definition) is 3. The summed E-state index contributed by atoms with van der Waals surface area (Å²) < 4.78 is 22.2. The van der Waals surface area contributed by atoms with Gasteiger partial charge in [0.2, 0.25) is 0 Å². The zero-order chi connectivity index (χ0) is 67.5. The van der Waals surface area contributed by atoms with Crippen LogP contribution in [0.2, 0.25) is 10.0 Å². The second-order valence-corrected chi connectivity index (χ2v) is 23.4. The molecule has 0 fully saturated rings. The SMILES string of the molecule is C.C#CC(=O)OC(C)C.CC(=O)c1ccc(-c2cc(Cl)c3c(c2)CC(CN)O3)s1.CC(=O)c1ccc(-c2cc(Cl)c3c(c2)CC(CNC(=O)C#Cc2cccnc2)O3)s1.CC(C)OC(=O)C#Cc1cccnc1.CO.Cl.Ic1cccnc1.O=C([O-])C#Cc1cccnc1.[K+].[K+].[OH-]. The first-order chi connectivity index (χ1) is 44.1. The molecule has 0 aliphatic carbocycles. The smallest absolute Gasteiger partial charge is 0.870 e. The van der Waals surface area contributed by atoms with Crippen molar-refractivity contribution in [3.05, 3.63) is 198 Å². The third kappa shape index (κ3) is 35.7. The number of aliphatic carboxylic acids is 1. The van der Waals surface area contributed by atoms with Crippen molar-refractivity contribution in [1.82, 2.24) is 25.3 Å². The molecule has 8 heterocycles. The van der Waals surface area contributed by atoms with Crippen molar-refractivity contribution >= 4 is 116 Å². The molecule has 0 radical (unpaired) electrons. The number of rotatable bonds is 9. The number of carbonyl (C=O) groups excluding carboxylic acids is 6. The van der Waals surface area contributed by atoms with E-state index in [1.165, 1.54) is 32.4 Å². The van der Waals surface area contributed by atoms with Gasteiger partial charge in [0.05, 0.1) is 38.6 Å². The number of nitrogens with one attached hydrogen (secondary N) is 1. The molecule has 0 saturated carbocycles. The molecule has 0 saturated heterocycles. The molecule has 0 spiro atoms. The van der Waals surface area contributed by atoms with Crippen LogP contribution in [0.5, 0.6) is 11.5 Å². The minimum Gasteiger partial charge on any atom is -0.870 e. The summed E-state index contributed by atoms with van der Waals surface area (Å²) in [6.07, 6.45) is 18.8. The van der Waals surface area contributed by atoms with Crippen LogP contribution < -0.4 is 128 Å². The molecule has 1 amide bonds. The fourth-order valence-electron chi connectivity index (χ4n) is 7.44. The number of carboxylic acid groups (broad SMARTS) is 1. The average Bonchev–Trinajstić information content (AvgIpc) is 1.68. The van der Waals surface area contributed by atoms with Crippen LogP contribution >= 0.6 is 80.9 Å². The second kappa shape index (κ2) is 51.4. The van der Waals surface area contributed by atoms with E-state index < -0.39 is 17.9 Å². The Bertz CT molecular complexity index is 4020. The molecule has 2 aromatic carbocycles. The predicted octanol–water partition coefficient (Wildman–Crippen LogP) is 4.99. The maximum Gasteiger partial charge on any atom is 1.00 e. The molecular formula is C70H68Cl3IK2N6O13S2. The Morgan fingerprint density at radius 3 is 1.40 bits per heavy atom. The van der Waals surface area contributed by atoms with Gasteiger partial charge in [-0.1, -0.05) is 48.4 Å². The number of fused-ring (bicyclic) bond motifs is 2. The van der Waals surface area contributed by atoms with Crippen LogP contribution in [0.15, 0.2) is 147 Å². The molecule has 5 N–H and O–H groups in total. The second-order valence-electron chi connectivity index (χ2n) is 19.2. The van der Waals surface area contributed by atoms with Crippen molar-refractivity contribution in [3.8, 4) is 80.2 Å². The summed E-state index contributed by atoms with van der Waals surface area (Å²) >= 11 is 17.9. The Hall–Kier alpha value is -5.75. The molecule has 2 unspecified atom stereocenters. The number of ketones is 2. The number of aliphatic hydroxyl groups excluding tert-OH is 1. The number of aromatic nitrogens is 4. The van der Waals surface area contributed by atoms with E-state index in [0.29, 0.717) is 56.9 Å². The zero-order valence-electron chi connectivity index (χ0n) is 53.7. The van der Waals surface area contributed by atoms with E-state index in [9.17, 15) is 33.9 Å². The molecule has 8 aromatic rings. The number of benzene rings is 2. The monoisotopic (exact) mass is 1570 g/mol. The third-order valence-electron chi connectivity index (χ3n) is 11.3. The maximum absolute atomic E-state index is 12.0. The number of Topliss-reactive ketones (excluding diaryl/α,β-unsaturated/α-hetero) is 2. The van der Waals surface area contributed by atoms with Gasteiger partial charge in [-0.05, 0) is 178 Å². The van der Waals surface area contributed by atoms with Gasteiger partial charge in [-0.25, -0.2) is 9.59 Å². The Balaban J connectivity index is 0.